The Morgan fingerprint density at radius 1 is 1.40 bits per heavy atom. The number of rotatable bonds is 6. The van der Waals surface area contributed by atoms with Crippen LogP contribution in [0.2, 0.25) is 5.02 Å². The predicted octanol–water partition coefficient (Wildman–Crippen LogP) is 2.96. The van der Waals surface area contributed by atoms with Crippen molar-refractivity contribution in [1.82, 2.24) is 14.7 Å². The molecule has 2 rings (SSSR count). The molecule has 0 bridgehead atoms. The number of benzene rings is 1. The second-order valence-electron chi connectivity index (χ2n) is 5.66. The third kappa shape index (κ3) is 5.22. The molecule has 2 amide bonds. The number of carbonyl (C=O) groups excluding carboxylic acids is 2. The second kappa shape index (κ2) is 8.53. The summed E-state index contributed by atoms with van der Waals surface area (Å²) in [5.41, 5.74) is 1.83. The molecule has 134 valence electrons. The molecule has 25 heavy (non-hydrogen) atoms. The van der Waals surface area contributed by atoms with Crippen LogP contribution in [0.25, 0.3) is 0 Å². The van der Waals surface area contributed by atoms with E-state index in [-0.39, 0.29) is 16.6 Å². The first kappa shape index (κ1) is 18.8. The molecule has 1 heterocycles. The van der Waals surface area contributed by atoms with Crippen LogP contribution in [-0.4, -0.2) is 47.4 Å². The van der Waals surface area contributed by atoms with E-state index in [0.29, 0.717) is 12.2 Å². The SMILES string of the molecule is COC(=O)c1cc(NC(=O)N(C)CCCc2cnn(C)c2)ccc1Cl. The van der Waals surface area contributed by atoms with Gasteiger partial charge in [0.25, 0.3) is 0 Å². The summed E-state index contributed by atoms with van der Waals surface area (Å²) in [6.07, 6.45) is 5.45. The van der Waals surface area contributed by atoms with Crippen LogP contribution in [-0.2, 0) is 18.2 Å². The van der Waals surface area contributed by atoms with Gasteiger partial charge in [0.15, 0.2) is 0 Å². The van der Waals surface area contributed by atoms with Crippen LogP contribution in [0, 0.1) is 0 Å². The predicted molar refractivity (Wildman–Crippen MR) is 96.0 cm³/mol. The maximum absolute atomic E-state index is 12.2. The summed E-state index contributed by atoms with van der Waals surface area (Å²) >= 11 is 5.97. The van der Waals surface area contributed by atoms with Crippen LogP contribution in [0.3, 0.4) is 0 Å². The number of hydrogen-bond acceptors (Lipinski definition) is 4. The third-order valence-electron chi connectivity index (χ3n) is 3.69. The lowest BCUT2D eigenvalue weighted by Crippen LogP contribution is -2.32. The molecule has 0 aliphatic rings. The average Bonchev–Trinajstić information content (AvgIpc) is 3.01. The molecule has 0 unspecified atom stereocenters. The van der Waals surface area contributed by atoms with E-state index >= 15 is 0 Å². The van der Waals surface area contributed by atoms with Gasteiger partial charge in [-0.15, -0.1) is 0 Å². The highest BCUT2D eigenvalue weighted by atomic mass is 35.5. The van der Waals surface area contributed by atoms with Crippen LogP contribution in [0.15, 0.2) is 30.6 Å². The molecule has 1 N–H and O–H groups in total. The number of aryl methyl sites for hydroxylation is 2. The Bertz CT molecular complexity index is 760. The van der Waals surface area contributed by atoms with E-state index in [1.807, 2.05) is 19.4 Å². The topological polar surface area (TPSA) is 76.5 Å². The highest BCUT2D eigenvalue weighted by Gasteiger charge is 2.14. The minimum Gasteiger partial charge on any atom is -0.465 e. The first-order chi connectivity index (χ1) is 11.9. The van der Waals surface area contributed by atoms with Gasteiger partial charge in [-0.05, 0) is 36.6 Å². The zero-order valence-corrected chi connectivity index (χ0v) is 15.2. The molecule has 1 aromatic heterocycles. The number of urea groups is 1. The molecule has 0 saturated carbocycles. The second-order valence-corrected chi connectivity index (χ2v) is 6.07. The molecule has 0 aliphatic heterocycles. The van der Waals surface area contributed by atoms with E-state index in [4.69, 9.17) is 11.6 Å². The molecule has 1 aromatic carbocycles. The number of nitrogens with one attached hydrogen (secondary N) is 1. The van der Waals surface area contributed by atoms with Crippen LogP contribution in [0.4, 0.5) is 10.5 Å². The van der Waals surface area contributed by atoms with Crippen molar-refractivity contribution in [1.29, 1.82) is 0 Å². The van der Waals surface area contributed by atoms with Gasteiger partial charge in [-0.25, -0.2) is 9.59 Å². The molecule has 0 atom stereocenters. The van der Waals surface area contributed by atoms with Crippen molar-refractivity contribution in [2.75, 3.05) is 26.0 Å². The lowest BCUT2D eigenvalue weighted by atomic mass is 10.2. The summed E-state index contributed by atoms with van der Waals surface area (Å²) in [7, 11) is 4.87. The van der Waals surface area contributed by atoms with Gasteiger partial charge >= 0.3 is 12.0 Å². The number of hydrogen-bond donors (Lipinski definition) is 1. The molecule has 7 nitrogen and oxygen atoms in total. The molecule has 0 saturated heterocycles. The molecular weight excluding hydrogens is 344 g/mol. The molecule has 0 radical (unpaired) electrons. The standard InChI is InChI=1S/C17H21ClN4O3/c1-21(8-4-5-12-10-19-22(2)11-12)17(24)20-13-6-7-15(18)14(9-13)16(23)25-3/h6-7,9-11H,4-5,8H2,1-3H3,(H,20,24). The van der Waals surface area contributed by atoms with Gasteiger partial charge < -0.3 is 15.0 Å². The summed E-state index contributed by atoms with van der Waals surface area (Å²) in [4.78, 5) is 25.5. The Hall–Kier alpha value is -2.54. The van der Waals surface area contributed by atoms with E-state index in [9.17, 15) is 9.59 Å². The number of anilines is 1. The lowest BCUT2D eigenvalue weighted by Gasteiger charge is -2.18. The van der Waals surface area contributed by atoms with Gasteiger partial charge in [0.1, 0.15) is 0 Å². The van der Waals surface area contributed by atoms with Crippen molar-refractivity contribution in [3.63, 3.8) is 0 Å². The molecular formula is C17H21ClN4O3. The maximum Gasteiger partial charge on any atom is 0.339 e. The summed E-state index contributed by atoms with van der Waals surface area (Å²) in [5.74, 6) is -0.550. The summed E-state index contributed by atoms with van der Waals surface area (Å²) in [6, 6.07) is 4.42. The van der Waals surface area contributed by atoms with E-state index in [2.05, 4.69) is 15.2 Å². The minimum absolute atomic E-state index is 0.209. The Kier molecular flexibility index (Phi) is 6.41. The normalized spacial score (nSPS) is 10.4. The van der Waals surface area contributed by atoms with E-state index in [0.717, 1.165) is 18.4 Å². The highest BCUT2D eigenvalue weighted by Crippen LogP contribution is 2.21. The molecule has 0 spiro atoms. The minimum atomic E-state index is -0.550. The van der Waals surface area contributed by atoms with Gasteiger partial charge in [-0.2, -0.15) is 5.10 Å². The Balaban J connectivity index is 1.89. The fraction of sp³-hybridized carbons (Fsp3) is 0.353. The summed E-state index contributed by atoms with van der Waals surface area (Å²) < 4.78 is 6.42. The number of ether oxygens (including phenoxy) is 1. The Morgan fingerprint density at radius 3 is 2.80 bits per heavy atom. The van der Waals surface area contributed by atoms with Crippen molar-refractivity contribution in [3.05, 3.63) is 46.7 Å². The average molecular weight is 365 g/mol. The van der Waals surface area contributed by atoms with Crippen LogP contribution in [0.5, 0.6) is 0 Å². The van der Waals surface area contributed by atoms with Crippen molar-refractivity contribution >= 4 is 29.3 Å². The zero-order chi connectivity index (χ0) is 18.4. The van der Waals surface area contributed by atoms with E-state index in [1.54, 1.807) is 28.8 Å². The number of carbonyl (C=O) groups is 2. The zero-order valence-electron chi connectivity index (χ0n) is 14.5. The number of nitrogens with zero attached hydrogens (tertiary/aromatic N) is 3. The summed E-state index contributed by atoms with van der Waals surface area (Å²) in [6.45, 7) is 0.595. The van der Waals surface area contributed by atoms with E-state index in [1.165, 1.54) is 13.2 Å². The Labute approximate surface area is 151 Å². The number of esters is 1. The van der Waals surface area contributed by atoms with Crippen molar-refractivity contribution < 1.29 is 14.3 Å². The third-order valence-corrected chi connectivity index (χ3v) is 4.02. The molecule has 2 aromatic rings. The molecule has 0 fully saturated rings. The number of aromatic nitrogens is 2. The fourth-order valence-electron chi connectivity index (χ4n) is 2.31. The molecule has 0 aliphatic carbocycles. The van der Waals surface area contributed by atoms with Crippen LogP contribution in [0.1, 0.15) is 22.3 Å². The van der Waals surface area contributed by atoms with Gasteiger partial charge in [0.2, 0.25) is 0 Å². The van der Waals surface area contributed by atoms with Crippen LogP contribution >= 0.6 is 11.6 Å². The molecule has 8 heteroatoms. The number of halogens is 1. The monoisotopic (exact) mass is 364 g/mol. The quantitative estimate of drug-likeness (QED) is 0.799. The Morgan fingerprint density at radius 2 is 2.16 bits per heavy atom. The first-order valence-electron chi connectivity index (χ1n) is 7.78. The van der Waals surface area contributed by atoms with Crippen LogP contribution < -0.4 is 5.32 Å². The summed E-state index contributed by atoms with van der Waals surface area (Å²) in [5, 5.41) is 7.14. The van der Waals surface area contributed by atoms with Gasteiger partial charge in [0, 0.05) is 32.5 Å². The largest absolute Gasteiger partial charge is 0.465 e. The van der Waals surface area contributed by atoms with Crippen molar-refractivity contribution in [3.8, 4) is 0 Å². The number of methoxy groups -OCH3 is 1. The van der Waals surface area contributed by atoms with Gasteiger partial charge in [-0.1, -0.05) is 11.6 Å². The smallest absolute Gasteiger partial charge is 0.339 e. The maximum atomic E-state index is 12.2. The van der Waals surface area contributed by atoms with Gasteiger partial charge in [-0.3, -0.25) is 4.68 Å². The lowest BCUT2D eigenvalue weighted by molar-refractivity contribution is 0.0601. The fourth-order valence-corrected chi connectivity index (χ4v) is 2.51. The van der Waals surface area contributed by atoms with Crippen molar-refractivity contribution in [2.24, 2.45) is 7.05 Å². The van der Waals surface area contributed by atoms with E-state index < -0.39 is 5.97 Å². The number of amides is 2. The first-order valence-corrected chi connectivity index (χ1v) is 8.16. The highest BCUT2D eigenvalue weighted by molar-refractivity contribution is 6.33. The van der Waals surface area contributed by atoms with Crippen molar-refractivity contribution in [2.45, 2.75) is 12.8 Å². The van der Waals surface area contributed by atoms with Gasteiger partial charge in [0.05, 0.1) is 23.9 Å².